The molecular weight excluding hydrogens is 299 g/mol. The van der Waals surface area contributed by atoms with Gasteiger partial charge in [0.15, 0.2) is 0 Å². The Morgan fingerprint density at radius 3 is 1.71 bits per heavy atom. The second-order valence-corrected chi connectivity index (χ2v) is 6.33. The van der Waals surface area contributed by atoms with Crippen molar-refractivity contribution in [3.8, 4) is 0 Å². The first-order chi connectivity index (χ1) is 7.09. The molecule has 0 aliphatic heterocycles. The summed E-state index contributed by atoms with van der Waals surface area (Å²) >= 11 is 0. The Bertz CT molecular complexity index is 458. The van der Waals surface area contributed by atoms with Crippen LogP contribution in [0, 0.1) is 0 Å². The van der Waals surface area contributed by atoms with Gasteiger partial charge in [0.2, 0.25) is 0 Å². The van der Waals surface area contributed by atoms with E-state index >= 15 is 0 Å². The standard InChI is InChI=1S/C7H5F8PS/c8-7(9,10)4-1-5(16)3-6(2-4)17(11,12,13,14)15/h1-3H,16H2. The minimum absolute atomic E-state index is 0.0402. The number of halogens is 8. The lowest BCUT2D eigenvalue weighted by atomic mass is 10.2. The lowest BCUT2D eigenvalue weighted by molar-refractivity contribution is -0.137. The molecule has 0 fully saturated rings. The fourth-order valence-electron chi connectivity index (χ4n) is 1.01. The Morgan fingerprint density at radius 1 is 0.882 bits per heavy atom. The van der Waals surface area contributed by atoms with Crippen molar-refractivity contribution in [2.45, 2.75) is 11.1 Å². The van der Waals surface area contributed by atoms with Crippen LogP contribution in [0.5, 0.6) is 0 Å². The molecule has 1 rings (SSSR count). The van der Waals surface area contributed by atoms with Gasteiger partial charge < -0.3 is 0 Å². The molecule has 1 unspecified atom stereocenters. The topological polar surface area (TPSA) is 0 Å². The highest BCUT2D eigenvalue weighted by atomic mass is 32.5. The van der Waals surface area contributed by atoms with Crippen molar-refractivity contribution in [3.63, 3.8) is 0 Å². The average molecular weight is 304 g/mol. The van der Waals surface area contributed by atoms with E-state index in [-0.39, 0.29) is 6.07 Å². The molecule has 0 nitrogen and oxygen atoms in total. The fourth-order valence-corrected chi connectivity index (χ4v) is 2.20. The molecule has 0 N–H and O–H groups in total. The van der Waals surface area contributed by atoms with E-state index in [1.165, 1.54) is 9.24 Å². The largest absolute Gasteiger partial charge is 0.416 e. The number of alkyl halides is 3. The smallest absolute Gasteiger partial charge is 0.166 e. The van der Waals surface area contributed by atoms with Crippen molar-refractivity contribution in [2.24, 2.45) is 0 Å². The van der Waals surface area contributed by atoms with Gasteiger partial charge in [-0.3, -0.25) is 0 Å². The number of hydrogen-bond donors (Lipinski definition) is 0. The summed E-state index contributed by atoms with van der Waals surface area (Å²) in [6.07, 6.45) is -5.12. The van der Waals surface area contributed by atoms with Crippen molar-refractivity contribution < 1.29 is 32.6 Å². The molecule has 0 saturated heterocycles. The third-order valence-electron chi connectivity index (χ3n) is 1.70. The van der Waals surface area contributed by atoms with Gasteiger partial charge in [-0.05, 0) is 23.5 Å². The molecule has 0 bridgehead atoms. The van der Waals surface area contributed by atoms with Crippen molar-refractivity contribution in [1.82, 2.24) is 0 Å². The molecule has 0 aromatic heterocycles. The summed E-state index contributed by atoms with van der Waals surface area (Å²) in [4.78, 5) is -2.55. The third kappa shape index (κ3) is 3.70. The van der Waals surface area contributed by atoms with Gasteiger partial charge >= 0.3 is 16.4 Å². The molecule has 1 aromatic rings. The fraction of sp³-hybridized carbons (Fsp3) is 0.143. The molecular formula is C7H5F8PS. The van der Waals surface area contributed by atoms with Crippen LogP contribution in [0.4, 0.5) is 32.6 Å². The molecule has 0 aliphatic rings. The van der Waals surface area contributed by atoms with Gasteiger partial charge in [-0.1, -0.05) is 19.4 Å². The van der Waals surface area contributed by atoms with Gasteiger partial charge in [0.25, 0.3) is 0 Å². The zero-order valence-corrected chi connectivity index (χ0v) is 9.71. The maximum atomic E-state index is 12.3. The first kappa shape index (κ1) is 14.5. The molecule has 0 amide bonds. The van der Waals surface area contributed by atoms with Crippen molar-refractivity contribution in [1.29, 1.82) is 0 Å². The zero-order chi connectivity index (χ0) is 13.8. The Hall–Kier alpha value is -0.560. The summed E-state index contributed by atoms with van der Waals surface area (Å²) in [7, 11) is -8.57. The van der Waals surface area contributed by atoms with Crippen LogP contribution in [0.1, 0.15) is 5.56 Å². The molecule has 100 valence electrons. The normalized spacial score (nSPS) is 17.5. The van der Waals surface area contributed by atoms with E-state index in [0.29, 0.717) is 6.07 Å². The van der Waals surface area contributed by atoms with Crippen molar-refractivity contribution in [3.05, 3.63) is 23.8 Å². The van der Waals surface area contributed by atoms with Gasteiger partial charge in [0.1, 0.15) is 4.90 Å². The van der Waals surface area contributed by atoms with Crippen LogP contribution in [-0.2, 0) is 6.18 Å². The van der Waals surface area contributed by atoms with E-state index < -0.39 is 38.2 Å². The molecule has 0 radical (unpaired) electrons. The lowest BCUT2D eigenvalue weighted by Gasteiger charge is -2.40. The molecule has 10 heteroatoms. The minimum atomic E-state index is -10.1. The summed E-state index contributed by atoms with van der Waals surface area (Å²) in [6, 6.07) is -0.297. The maximum Gasteiger partial charge on any atom is 0.416 e. The van der Waals surface area contributed by atoms with E-state index in [0.717, 1.165) is 0 Å². The summed E-state index contributed by atoms with van der Waals surface area (Å²) in [5, 5.41) is -0.622. The van der Waals surface area contributed by atoms with Crippen molar-refractivity contribution >= 4 is 24.8 Å². The zero-order valence-electron chi connectivity index (χ0n) is 7.74. The van der Waals surface area contributed by atoms with Crippen molar-refractivity contribution in [2.75, 3.05) is 0 Å². The maximum absolute atomic E-state index is 12.3. The average Bonchev–Trinajstić information content (AvgIpc) is 1.96. The first-order valence-electron chi connectivity index (χ1n) is 3.81. The second-order valence-electron chi connectivity index (χ2n) is 3.26. The number of benzene rings is 1. The molecule has 1 atom stereocenters. The van der Waals surface area contributed by atoms with Crippen LogP contribution in [-0.4, -0.2) is 0 Å². The van der Waals surface area contributed by atoms with Gasteiger partial charge in [0.05, 0.1) is 5.56 Å². The second kappa shape index (κ2) is 3.06. The molecule has 0 spiro atoms. The summed E-state index contributed by atoms with van der Waals surface area (Å²) in [6.45, 7) is 0. The highest BCUT2D eigenvalue weighted by Crippen LogP contribution is 3.02. The van der Waals surface area contributed by atoms with E-state index in [1.54, 1.807) is 0 Å². The molecule has 1 aromatic carbocycles. The van der Waals surface area contributed by atoms with Gasteiger partial charge in [0, 0.05) is 0 Å². The van der Waals surface area contributed by atoms with Crippen LogP contribution in [0.25, 0.3) is 0 Å². The Balaban J connectivity index is 3.57. The quantitative estimate of drug-likeness (QED) is 0.513. The molecule has 17 heavy (non-hydrogen) atoms. The van der Waals surface area contributed by atoms with Crippen LogP contribution in [0.15, 0.2) is 23.1 Å². The van der Waals surface area contributed by atoms with E-state index in [2.05, 4.69) is 0 Å². The highest BCUT2D eigenvalue weighted by molar-refractivity contribution is 8.45. The highest BCUT2D eigenvalue weighted by Gasteiger charge is 2.65. The summed E-state index contributed by atoms with van der Waals surface area (Å²) in [5.74, 6) is 0. The van der Waals surface area contributed by atoms with Crippen LogP contribution in [0.3, 0.4) is 0 Å². The van der Waals surface area contributed by atoms with Gasteiger partial charge in [-0.25, -0.2) is 0 Å². The van der Waals surface area contributed by atoms with E-state index in [1.807, 2.05) is 0 Å². The van der Waals surface area contributed by atoms with E-state index in [4.69, 9.17) is 0 Å². The SMILES string of the molecule is FC(F)(F)c1cc(P)cc(S(F)(F)(F)(F)F)c1. The predicted octanol–water partition coefficient (Wildman–Crippen LogP) is 4.86. The summed E-state index contributed by atoms with van der Waals surface area (Å²) in [5.41, 5.74) is -1.77. The first-order valence-corrected chi connectivity index (χ1v) is 6.34. The molecule has 0 heterocycles. The Labute approximate surface area is 92.9 Å². The third-order valence-corrected chi connectivity index (χ3v) is 3.16. The van der Waals surface area contributed by atoms with Gasteiger partial charge in [-0.15, -0.1) is 9.24 Å². The summed E-state index contributed by atoms with van der Waals surface area (Å²) < 4.78 is 98.1. The Morgan fingerprint density at radius 2 is 1.35 bits per heavy atom. The van der Waals surface area contributed by atoms with Crippen LogP contribution in [0.2, 0.25) is 0 Å². The van der Waals surface area contributed by atoms with Crippen LogP contribution >= 0.6 is 19.5 Å². The predicted molar refractivity (Wildman–Crippen MR) is 52.2 cm³/mol. The number of rotatable bonds is 1. The molecule has 0 saturated carbocycles. The number of hydrogen-bond acceptors (Lipinski definition) is 0. The lowest BCUT2D eigenvalue weighted by Crippen LogP contribution is -2.14. The van der Waals surface area contributed by atoms with Gasteiger partial charge in [-0.2, -0.15) is 13.2 Å². The monoisotopic (exact) mass is 304 g/mol. The van der Waals surface area contributed by atoms with E-state index in [9.17, 15) is 32.6 Å². The molecule has 0 aliphatic carbocycles. The minimum Gasteiger partial charge on any atom is -0.166 e. The Kier molecular flexibility index (Phi) is 2.61. The van der Waals surface area contributed by atoms with Crippen LogP contribution < -0.4 is 5.30 Å².